The molecule has 0 bridgehead atoms. The smallest absolute Gasteiger partial charge is 0.227 e. The Morgan fingerprint density at radius 3 is 2.81 bits per heavy atom. The second kappa shape index (κ2) is 7.02. The van der Waals surface area contributed by atoms with E-state index in [1.807, 2.05) is 0 Å². The molecule has 1 saturated heterocycles. The van der Waals surface area contributed by atoms with E-state index in [1.165, 1.54) is 22.0 Å². The van der Waals surface area contributed by atoms with Crippen LogP contribution in [0.15, 0.2) is 24.4 Å². The number of likely N-dealkylation sites (N-methyl/N-ethyl adjacent to an activating group) is 1. The summed E-state index contributed by atoms with van der Waals surface area (Å²) in [4.78, 5) is 20.3. The minimum absolute atomic E-state index is 0.0467. The summed E-state index contributed by atoms with van der Waals surface area (Å²) in [6, 6.07) is 6.82. The molecule has 0 spiro atoms. The van der Waals surface area contributed by atoms with Gasteiger partial charge in [-0.3, -0.25) is 4.79 Å². The van der Waals surface area contributed by atoms with Gasteiger partial charge < -0.3 is 25.0 Å². The van der Waals surface area contributed by atoms with Crippen molar-refractivity contribution in [2.24, 2.45) is 5.92 Å². The predicted molar refractivity (Wildman–Crippen MR) is 100 cm³/mol. The Morgan fingerprint density at radius 2 is 2.08 bits per heavy atom. The Labute approximate surface area is 153 Å². The molecule has 2 aromatic rings. The lowest BCUT2D eigenvalue weighted by molar-refractivity contribution is -0.139. The largest absolute Gasteiger partial charge is 0.395 e. The lowest BCUT2D eigenvalue weighted by atomic mass is 9.72. The van der Waals surface area contributed by atoms with Crippen molar-refractivity contribution in [1.29, 1.82) is 0 Å². The van der Waals surface area contributed by atoms with Crippen LogP contribution in [0.1, 0.15) is 23.5 Å². The van der Waals surface area contributed by atoms with Gasteiger partial charge in [-0.15, -0.1) is 0 Å². The molecule has 0 radical (unpaired) electrons. The minimum Gasteiger partial charge on any atom is -0.395 e. The number of aliphatic hydroxyl groups is 2. The van der Waals surface area contributed by atoms with Gasteiger partial charge in [0.25, 0.3) is 0 Å². The van der Waals surface area contributed by atoms with E-state index in [2.05, 4.69) is 41.3 Å². The van der Waals surface area contributed by atoms with E-state index < -0.39 is 0 Å². The number of hydrogen-bond donors (Lipinski definition) is 3. The normalized spacial score (nSPS) is 25.3. The highest BCUT2D eigenvalue weighted by molar-refractivity contribution is 5.88. The molecule has 0 saturated carbocycles. The predicted octanol–water partition coefficient (Wildman–Crippen LogP) is 0.941. The van der Waals surface area contributed by atoms with Crippen molar-refractivity contribution in [3.63, 3.8) is 0 Å². The number of likely N-dealkylation sites (tertiary alicyclic amines) is 1. The Kier molecular flexibility index (Phi) is 4.73. The molecule has 1 aliphatic carbocycles. The van der Waals surface area contributed by atoms with Crippen molar-refractivity contribution in [1.82, 2.24) is 14.8 Å². The fraction of sp³-hybridized carbons (Fsp3) is 0.550. The van der Waals surface area contributed by atoms with E-state index in [1.54, 1.807) is 4.90 Å². The van der Waals surface area contributed by atoms with Crippen LogP contribution in [0.5, 0.6) is 0 Å². The Hall–Kier alpha value is -1.89. The van der Waals surface area contributed by atoms with E-state index in [-0.39, 0.29) is 38.1 Å². The van der Waals surface area contributed by atoms with Crippen molar-refractivity contribution in [3.8, 4) is 0 Å². The second-order valence-corrected chi connectivity index (χ2v) is 7.61. The molecule has 140 valence electrons. The van der Waals surface area contributed by atoms with Crippen molar-refractivity contribution < 1.29 is 15.0 Å². The van der Waals surface area contributed by atoms with Gasteiger partial charge in [0.15, 0.2) is 0 Å². The first-order chi connectivity index (χ1) is 12.6. The first-order valence-corrected chi connectivity index (χ1v) is 9.43. The third-order valence-electron chi connectivity index (χ3n) is 6.13. The highest BCUT2D eigenvalue weighted by Gasteiger charge is 2.42. The number of fused-ring (bicyclic) bond motifs is 2. The zero-order valence-corrected chi connectivity index (χ0v) is 15.2. The molecule has 6 heteroatoms. The molecular weight excluding hydrogens is 330 g/mol. The van der Waals surface area contributed by atoms with Crippen LogP contribution in [-0.4, -0.2) is 76.8 Å². The SMILES string of the molecule is CN1C[C@H](C(=O)N(CCO)CCO)C[C@@H]2c3cccc4[nH]cc(c34)C[C@H]21. The third kappa shape index (κ3) is 2.82. The summed E-state index contributed by atoms with van der Waals surface area (Å²) in [7, 11) is 2.11. The van der Waals surface area contributed by atoms with Crippen LogP contribution in [0.4, 0.5) is 0 Å². The van der Waals surface area contributed by atoms with Crippen LogP contribution in [0.3, 0.4) is 0 Å². The summed E-state index contributed by atoms with van der Waals surface area (Å²) >= 11 is 0. The van der Waals surface area contributed by atoms with E-state index in [0.29, 0.717) is 12.0 Å². The number of piperidine rings is 1. The van der Waals surface area contributed by atoms with Crippen LogP contribution in [0.25, 0.3) is 10.9 Å². The van der Waals surface area contributed by atoms with Crippen LogP contribution >= 0.6 is 0 Å². The molecule has 1 amide bonds. The number of carbonyl (C=O) groups excluding carboxylic acids is 1. The molecule has 6 nitrogen and oxygen atoms in total. The number of benzene rings is 1. The van der Waals surface area contributed by atoms with Gasteiger partial charge in [-0.05, 0) is 37.1 Å². The van der Waals surface area contributed by atoms with Gasteiger partial charge in [0.05, 0.1) is 19.1 Å². The molecule has 0 unspecified atom stereocenters. The van der Waals surface area contributed by atoms with Crippen molar-refractivity contribution in [3.05, 3.63) is 35.5 Å². The maximum Gasteiger partial charge on any atom is 0.227 e. The molecule has 1 aromatic carbocycles. The summed E-state index contributed by atoms with van der Waals surface area (Å²) in [5.74, 6) is 0.278. The van der Waals surface area contributed by atoms with Crippen molar-refractivity contribution in [2.75, 3.05) is 39.9 Å². The van der Waals surface area contributed by atoms with E-state index in [0.717, 1.165) is 19.4 Å². The molecule has 3 N–H and O–H groups in total. The Bertz CT molecular complexity index is 797. The fourth-order valence-corrected chi connectivity index (χ4v) is 4.95. The van der Waals surface area contributed by atoms with E-state index in [9.17, 15) is 15.0 Å². The number of hydrogen-bond acceptors (Lipinski definition) is 4. The van der Waals surface area contributed by atoms with Gasteiger partial charge in [-0.2, -0.15) is 0 Å². The number of aromatic amines is 1. The zero-order chi connectivity index (χ0) is 18.3. The lowest BCUT2D eigenvalue weighted by Crippen LogP contribution is -2.52. The summed E-state index contributed by atoms with van der Waals surface area (Å²) in [6.45, 7) is 1.14. The molecule has 1 aromatic heterocycles. The fourth-order valence-electron chi connectivity index (χ4n) is 4.95. The van der Waals surface area contributed by atoms with Crippen LogP contribution in [0, 0.1) is 5.92 Å². The quantitative estimate of drug-likeness (QED) is 0.744. The van der Waals surface area contributed by atoms with Gasteiger partial charge in [-0.25, -0.2) is 0 Å². The van der Waals surface area contributed by atoms with E-state index in [4.69, 9.17) is 0 Å². The van der Waals surface area contributed by atoms with E-state index >= 15 is 0 Å². The average molecular weight is 357 g/mol. The third-order valence-corrected chi connectivity index (χ3v) is 6.13. The summed E-state index contributed by atoms with van der Waals surface area (Å²) < 4.78 is 0. The molecule has 26 heavy (non-hydrogen) atoms. The average Bonchev–Trinajstić information content (AvgIpc) is 3.06. The maximum absolute atomic E-state index is 13.0. The van der Waals surface area contributed by atoms with Gasteiger partial charge in [0.2, 0.25) is 5.91 Å². The molecule has 2 heterocycles. The monoisotopic (exact) mass is 357 g/mol. The van der Waals surface area contributed by atoms with Crippen LogP contribution in [-0.2, 0) is 11.2 Å². The first kappa shape index (κ1) is 17.5. The Balaban J connectivity index is 1.63. The minimum atomic E-state index is -0.102. The number of aromatic nitrogens is 1. The highest BCUT2D eigenvalue weighted by atomic mass is 16.3. The van der Waals surface area contributed by atoms with Crippen LogP contribution in [0.2, 0.25) is 0 Å². The number of nitrogens with zero attached hydrogens (tertiary/aromatic N) is 2. The van der Waals surface area contributed by atoms with Gasteiger partial charge >= 0.3 is 0 Å². The number of carbonyl (C=O) groups is 1. The molecule has 4 rings (SSSR count). The summed E-state index contributed by atoms with van der Waals surface area (Å²) in [6.07, 6.45) is 3.96. The summed E-state index contributed by atoms with van der Waals surface area (Å²) in [5.41, 5.74) is 3.89. The van der Waals surface area contributed by atoms with Crippen molar-refractivity contribution >= 4 is 16.8 Å². The van der Waals surface area contributed by atoms with Gasteiger partial charge in [-0.1, -0.05) is 12.1 Å². The number of aliphatic hydroxyl groups excluding tert-OH is 2. The lowest BCUT2D eigenvalue weighted by Gasteiger charge is -2.45. The maximum atomic E-state index is 13.0. The number of H-pyrrole nitrogens is 1. The standard InChI is InChI=1S/C20H27N3O3/c1-22-12-14(20(26)23(5-7-24)6-8-25)9-16-15-3-2-4-17-19(15)13(11-21-17)10-18(16)22/h2-4,11,14,16,18,21,24-25H,5-10,12H2,1H3/t14-,16-,18-/m1/s1. The van der Waals surface area contributed by atoms with Gasteiger partial charge in [0.1, 0.15) is 0 Å². The van der Waals surface area contributed by atoms with Crippen molar-refractivity contribution in [2.45, 2.75) is 24.8 Å². The number of rotatable bonds is 5. The number of nitrogens with one attached hydrogen (secondary N) is 1. The molecule has 3 atom stereocenters. The van der Waals surface area contributed by atoms with Crippen LogP contribution < -0.4 is 0 Å². The highest BCUT2D eigenvalue weighted by Crippen LogP contribution is 2.44. The Morgan fingerprint density at radius 1 is 1.31 bits per heavy atom. The molecule has 1 fully saturated rings. The number of amides is 1. The molecular formula is C20H27N3O3. The summed E-state index contributed by atoms with van der Waals surface area (Å²) in [5, 5.41) is 19.8. The second-order valence-electron chi connectivity index (χ2n) is 7.61. The van der Waals surface area contributed by atoms with Gasteiger partial charge in [0, 0.05) is 48.7 Å². The zero-order valence-electron chi connectivity index (χ0n) is 15.2. The first-order valence-electron chi connectivity index (χ1n) is 9.43. The topological polar surface area (TPSA) is 79.8 Å². The molecule has 1 aliphatic heterocycles. The molecule has 2 aliphatic rings.